The third-order valence-corrected chi connectivity index (χ3v) is 4.66. The van der Waals surface area contributed by atoms with Crippen LogP contribution in [0.5, 0.6) is 0 Å². The van der Waals surface area contributed by atoms with Crippen LogP contribution in [0.1, 0.15) is 33.1 Å². The van der Waals surface area contributed by atoms with E-state index in [9.17, 15) is 14.7 Å². The lowest BCUT2D eigenvalue weighted by Crippen LogP contribution is -2.55. The van der Waals surface area contributed by atoms with Crippen LogP contribution in [0.15, 0.2) is 11.9 Å². The molecule has 3 atom stereocenters. The van der Waals surface area contributed by atoms with Gasteiger partial charge in [-0.2, -0.15) is 0 Å². The van der Waals surface area contributed by atoms with Crippen molar-refractivity contribution >= 4 is 11.8 Å². The fraction of sp³-hybridized carbons (Fsp3) is 0.750. The van der Waals surface area contributed by atoms with Crippen molar-refractivity contribution in [2.45, 2.75) is 51.3 Å². The Bertz CT molecular complexity index is 518. The number of hydrogen-bond donors (Lipinski definition) is 4. The number of likely N-dealkylation sites (N-methyl/N-ethyl adjacent to an activating group) is 1. The molecule has 24 heavy (non-hydrogen) atoms. The van der Waals surface area contributed by atoms with Crippen LogP contribution < -0.4 is 16.9 Å². The molecule has 0 aromatic carbocycles. The number of carbonyl (C=O) groups is 2. The van der Waals surface area contributed by atoms with Crippen molar-refractivity contribution in [2.75, 3.05) is 13.6 Å². The number of aliphatic hydroxyl groups is 1. The number of carbonyl (C=O) groups excluding carboxylic acids is 2. The summed E-state index contributed by atoms with van der Waals surface area (Å²) < 4.78 is 0. The number of nitrogens with one attached hydrogen (secondary N) is 1. The first kappa shape index (κ1) is 18.5. The molecule has 1 saturated heterocycles. The van der Waals surface area contributed by atoms with Crippen LogP contribution in [0.2, 0.25) is 0 Å². The minimum Gasteiger partial charge on any atom is -0.401 e. The molecule has 1 heterocycles. The standard InChI is InChI=1S/C16H29N5O3/c1-9(2)14(21(18)8-12(17)10-4-5-10)16(24)20-7-11(22)6-13(20)15(23)19-3/h8-11,13-14,22H,4-7,17-18H2,1-3H3,(H,19,23)/b12-8-. The second-order valence-electron chi connectivity index (χ2n) is 7.05. The summed E-state index contributed by atoms with van der Waals surface area (Å²) in [4.78, 5) is 26.5. The summed E-state index contributed by atoms with van der Waals surface area (Å²) in [5.74, 6) is 5.84. The molecule has 136 valence electrons. The monoisotopic (exact) mass is 339 g/mol. The van der Waals surface area contributed by atoms with Crippen molar-refractivity contribution in [3.8, 4) is 0 Å². The third-order valence-electron chi connectivity index (χ3n) is 4.66. The van der Waals surface area contributed by atoms with Crippen molar-refractivity contribution in [3.05, 3.63) is 11.9 Å². The van der Waals surface area contributed by atoms with E-state index < -0.39 is 18.2 Å². The van der Waals surface area contributed by atoms with E-state index in [-0.39, 0.29) is 30.7 Å². The highest BCUT2D eigenvalue weighted by Crippen LogP contribution is 2.34. The van der Waals surface area contributed by atoms with Gasteiger partial charge in [0.1, 0.15) is 12.1 Å². The number of nitrogens with two attached hydrogens (primary N) is 2. The van der Waals surface area contributed by atoms with Crippen molar-refractivity contribution in [3.63, 3.8) is 0 Å². The summed E-state index contributed by atoms with van der Waals surface area (Å²) >= 11 is 0. The third kappa shape index (κ3) is 3.99. The van der Waals surface area contributed by atoms with Gasteiger partial charge in [0.2, 0.25) is 11.8 Å². The molecule has 0 radical (unpaired) electrons. The van der Waals surface area contributed by atoms with Crippen molar-refractivity contribution in [2.24, 2.45) is 23.4 Å². The zero-order valence-corrected chi connectivity index (χ0v) is 14.6. The maximum atomic E-state index is 13.0. The Labute approximate surface area is 142 Å². The molecule has 0 aromatic heterocycles. The minimum absolute atomic E-state index is 0.0752. The average Bonchev–Trinajstić information content (AvgIpc) is 3.28. The molecular weight excluding hydrogens is 310 g/mol. The number of amides is 2. The molecule has 6 N–H and O–H groups in total. The molecular formula is C16H29N5O3. The predicted molar refractivity (Wildman–Crippen MR) is 89.8 cm³/mol. The molecule has 8 heteroatoms. The molecule has 0 aromatic rings. The van der Waals surface area contributed by atoms with E-state index in [0.717, 1.165) is 12.8 Å². The number of allylic oxidation sites excluding steroid dienone is 1. The molecule has 1 aliphatic heterocycles. The second-order valence-corrected chi connectivity index (χ2v) is 7.05. The Morgan fingerprint density at radius 1 is 1.38 bits per heavy atom. The molecule has 1 saturated carbocycles. The van der Waals surface area contributed by atoms with Gasteiger partial charge in [-0.15, -0.1) is 0 Å². The number of hydrazine groups is 1. The van der Waals surface area contributed by atoms with Crippen LogP contribution in [0, 0.1) is 11.8 Å². The van der Waals surface area contributed by atoms with Gasteiger partial charge < -0.3 is 26.1 Å². The summed E-state index contributed by atoms with van der Waals surface area (Å²) in [5, 5.41) is 13.8. The van der Waals surface area contributed by atoms with Gasteiger partial charge in [0, 0.05) is 37.8 Å². The first-order chi connectivity index (χ1) is 11.3. The molecule has 2 rings (SSSR count). The van der Waals surface area contributed by atoms with Gasteiger partial charge in [-0.3, -0.25) is 9.59 Å². The Morgan fingerprint density at radius 2 is 2.00 bits per heavy atom. The van der Waals surface area contributed by atoms with E-state index in [1.807, 2.05) is 13.8 Å². The zero-order chi connectivity index (χ0) is 18.0. The smallest absolute Gasteiger partial charge is 0.247 e. The number of likely N-dealkylation sites (tertiary alicyclic amines) is 1. The molecule has 0 bridgehead atoms. The fourth-order valence-electron chi connectivity index (χ4n) is 3.17. The highest BCUT2D eigenvalue weighted by atomic mass is 16.3. The quantitative estimate of drug-likeness (QED) is 0.367. The van der Waals surface area contributed by atoms with E-state index in [0.29, 0.717) is 11.6 Å². The van der Waals surface area contributed by atoms with Crippen LogP contribution in [0.25, 0.3) is 0 Å². The number of β-amino-alcohol motifs (C(OH)–C–C–N with tert-alkyl or cyclic N) is 1. The lowest BCUT2D eigenvalue weighted by molar-refractivity contribution is -0.143. The summed E-state index contributed by atoms with van der Waals surface area (Å²) in [6.07, 6.45) is 3.26. The fourth-order valence-corrected chi connectivity index (χ4v) is 3.17. The molecule has 1 aliphatic carbocycles. The Hall–Kier alpha value is -1.80. The molecule has 0 spiro atoms. The van der Waals surface area contributed by atoms with Gasteiger partial charge in [-0.05, 0) is 18.8 Å². The topological polar surface area (TPSA) is 125 Å². The SMILES string of the molecule is CNC(=O)C1CC(O)CN1C(=O)C(C(C)C)N(N)/C=C(\N)C1CC1. The van der Waals surface area contributed by atoms with Gasteiger partial charge in [-0.1, -0.05) is 13.8 Å². The van der Waals surface area contributed by atoms with Crippen molar-refractivity contribution < 1.29 is 14.7 Å². The molecule has 2 aliphatic rings. The highest BCUT2D eigenvalue weighted by Gasteiger charge is 2.42. The van der Waals surface area contributed by atoms with Crippen LogP contribution in [-0.4, -0.2) is 58.6 Å². The van der Waals surface area contributed by atoms with E-state index in [1.165, 1.54) is 17.0 Å². The van der Waals surface area contributed by atoms with Crippen LogP contribution in [0.4, 0.5) is 0 Å². The summed E-state index contributed by atoms with van der Waals surface area (Å²) in [7, 11) is 1.52. The minimum atomic E-state index is -0.706. The van der Waals surface area contributed by atoms with Gasteiger partial charge in [0.05, 0.1) is 6.10 Å². The Balaban J connectivity index is 2.18. The molecule has 2 fully saturated rings. The molecule has 2 amide bonds. The van der Waals surface area contributed by atoms with E-state index in [4.69, 9.17) is 11.6 Å². The second kappa shape index (κ2) is 7.40. The average molecular weight is 339 g/mol. The van der Waals surface area contributed by atoms with Gasteiger partial charge in [-0.25, -0.2) is 5.84 Å². The Kier molecular flexibility index (Phi) is 5.71. The Morgan fingerprint density at radius 3 is 2.50 bits per heavy atom. The zero-order valence-electron chi connectivity index (χ0n) is 14.6. The number of rotatable bonds is 6. The van der Waals surface area contributed by atoms with Crippen LogP contribution in [-0.2, 0) is 9.59 Å². The highest BCUT2D eigenvalue weighted by molar-refractivity contribution is 5.90. The van der Waals surface area contributed by atoms with Crippen molar-refractivity contribution in [1.29, 1.82) is 0 Å². The van der Waals surface area contributed by atoms with Crippen molar-refractivity contribution in [1.82, 2.24) is 15.2 Å². The summed E-state index contributed by atoms with van der Waals surface area (Å²) in [6.45, 7) is 3.92. The molecule has 8 nitrogen and oxygen atoms in total. The summed E-state index contributed by atoms with van der Waals surface area (Å²) in [6, 6.07) is -1.31. The van der Waals surface area contributed by atoms with Crippen LogP contribution >= 0.6 is 0 Å². The number of nitrogens with zero attached hydrogens (tertiary/aromatic N) is 2. The lowest BCUT2D eigenvalue weighted by atomic mass is 10.0. The van der Waals surface area contributed by atoms with E-state index >= 15 is 0 Å². The maximum Gasteiger partial charge on any atom is 0.247 e. The van der Waals surface area contributed by atoms with Gasteiger partial charge in [0.15, 0.2) is 0 Å². The maximum absolute atomic E-state index is 13.0. The van der Waals surface area contributed by atoms with Gasteiger partial charge in [0.25, 0.3) is 0 Å². The first-order valence-corrected chi connectivity index (χ1v) is 8.46. The first-order valence-electron chi connectivity index (χ1n) is 8.46. The largest absolute Gasteiger partial charge is 0.401 e. The normalized spacial score (nSPS) is 25.8. The predicted octanol–water partition coefficient (Wildman–Crippen LogP) is -0.895. The summed E-state index contributed by atoms with van der Waals surface area (Å²) in [5.41, 5.74) is 6.68. The van der Waals surface area contributed by atoms with Gasteiger partial charge >= 0.3 is 0 Å². The van der Waals surface area contributed by atoms with E-state index in [2.05, 4.69) is 5.32 Å². The number of hydrogen-bond acceptors (Lipinski definition) is 6. The lowest BCUT2D eigenvalue weighted by Gasteiger charge is -2.34. The van der Waals surface area contributed by atoms with E-state index in [1.54, 1.807) is 6.20 Å². The molecule has 3 unspecified atom stereocenters. The van der Waals surface area contributed by atoms with Crippen LogP contribution in [0.3, 0.4) is 0 Å². The number of aliphatic hydroxyl groups excluding tert-OH is 1.